The molecular weight excluding hydrogens is 346 g/mol. The van der Waals surface area contributed by atoms with E-state index < -0.39 is 12.1 Å². The number of alkyl carbamates (subject to hydrolysis) is 1. The zero-order valence-corrected chi connectivity index (χ0v) is 14.6. The topological polar surface area (TPSA) is 99.0 Å². The molecule has 0 bridgehead atoms. The first-order valence-electron chi connectivity index (χ1n) is 8.45. The van der Waals surface area contributed by atoms with Gasteiger partial charge in [-0.15, -0.1) is 5.10 Å². The van der Waals surface area contributed by atoms with Gasteiger partial charge in [0, 0.05) is 1.43 Å². The Hall–Kier alpha value is -3.55. The average molecular weight is 367 g/mol. The summed E-state index contributed by atoms with van der Waals surface area (Å²) in [4.78, 5) is 24.8. The van der Waals surface area contributed by atoms with Gasteiger partial charge in [-0.05, 0) is 28.0 Å². The summed E-state index contributed by atoms with van der Waals surface area (Å²) in [6.07, 6.45) is 1.05. The van der Waals surface area contributed by atoms with Crippen molar-refractivity contribution in [2.75, 3.05) is 0 Å². The third-order valence-electron chi connectivity index (χ3n) is 3.89. The summed E-state index contributed by atoms with van der Waals surface area (Å²) < 4.78 is 6.55. The summed E-state index contributed by atoms with van der Waals surface area (Å²) >= 11 is 0. The molecule has 1 unspecified atom stereocenters. The van der Waals surface area contributed by atoms with Gasteiger partial charge in [-0.25, -0.2) is 9.48 Å². The van der Waals surface area contributed by atoms with Crippen LogP contribution >= 0.6 is 0 Å². The van der Waals surface area contributed by atoms with Crippen LogP contribution in [0.25, 0.3) is 0 Å². The van der Waals surface area contributed by atoms with E-state index in [-0.39, 0.29) is 20.4 Å². The Morgan fingerprint density at radius 2 is 1.70 bits per heavy atom. The zero-order chi connectivity index (χ0) is 18.9. The highest BCUT2D eigenvalue weighted by molar-refractivity contribution is 5.87. The molecule has 3 aromatic rings. The molecule has 0 saturated heterocycles. The monoisotopic (exact) mass is 367 g/mol. The van der Waals surface area contributed by atoms with E-state index in [0.29, 0.717) is 6.42 Å². The Kier molecular flexibility index (Phi) is 6.24. The highest BCUT2D eigenvalue weighted by Gasteiger charge is 2.22. The number of nitrogens with zero attached hydrogens (tertiary/aromatic N) is 4. The van der Waals surface area contributed by atoms with Gasteiger partial charge in [-0.2, -0.15) is 0 Å². The van der Waals surface area contributed by atoms with Crippen molar-refractivity contribution in [2.24, 2.45) is 0 Å². The number of nitrogens with one attached hydrogen (secondary N) is 1. The second-order valence-corrected chi connectivity index (χ2v) is 5.92. The molecule has 27 heavy (non-hydrogen) atoms. The molecule has 1 amide bonds. The Labute approximate surface area is 157 Å². The van der Waals surface area contributed by atoms with Crippen molar-refractivity contribution in [3.63, 3.8) is 0 Å². The van der Waals surface area contributed by atoms with Crippen LogP contribution < -0.4 is 5.32 Å². The molecule has 140 valence electrons. The number of benzene rings is 2. The minimum absolute atomic E-state index is 0. The predicted octanol–water partition coefficient (Wildman–Crippen LogP) is 2.03. The van der Waals surface area contributed by atoms with Gasteiger partial charge < -0.3 is 10.1 Å². The SMILES string of the molecule is O=C(NC(Cc1ccccc1)C(=O)Cn1cnnn1)OCc1ccccc1.[HH]. The van der Waals surface area contributed by atoms with Gasteiger partial charge in [-0.1, -0.05) is 60.7 Å². The van der Waals surface area contributed by atoms with E-state index in [1.807, 2.05) is 60.7 Å². The van der Waals surface area contributed by atoms with Crippen molar-refractivity contribution in [1.29, 1.82) is 0 Å². The van der Waals surface area contributed by atoms with Crippen LogP contribution in [-0.4, -0.2) is 38.1 Å². The fourth-order valence-corrected chi connectivity index (χ4v) is 2.52. The van der Waals surface area contributed by atoms with Crippen molar-refractivity contribution >= 4 is 11.9 Å². The molecule has 0 aliphatic heterocycles. The summed E-state index contributed by atoms with van der Waals surface area (Å²) in [6.45, 7) is 0.0926. The first kappa shape index (κ1) is 18.2. The average Bonchev–Trinajstić information content (AvgIpc) is 3.20. The number of tetrazole rings is 1. The number of amides is 1. The maximum absolute atomic E-state index is 12.6. The molecule has 0 saturated carbocycles. The molecule has 0 radical (unpaired) electrons. The van der Waals surface area contributed by atoms with Crippen LogP contribution in [0.5, 0.6) is 0 Å². The highest BCUT2D eigenvalue weighted by Crippen LogP contribution is 2.06. The standard InChI is InChI=1S/C19H19N5O3.H2/c25-18(12-24-14-20-22-23-24)17(11-15-7-3-1-4-8-15)21-19(26)27-13-16-9-5-2-6-10-16;/h1-10,14,17H,11-13H2,(H,21,26);1H. The molecule has 8 heteroatoms. The molecule has 0 aliphatic carbocycles. The lowest BCUT2D eigenvalue weighted by molar-refractivity contribution is -0.121. The van der Waals surface area contributed by atoms with Crippen LogP contribution in [-0.2, 0) is 29.1 Å². The molecule has 0 fully saturated rings. The van der Waals surface area contributed by atoms with Crippen molar-refractivity contribution in [3.8, 4) is 0 Å². The molecule has 1 heterocycles. The minimum atomic E-state index is -0.750. The van der Waals surface area contributed by atoms with E-state index in [0.717, 1.165) is 11.1 Å². The fraction of sp³-hybridized carbons (Fsp3) is 0.211. The van der Waals surface area contributed by atoms with Gasteiger partial charge in [0.2, 0.25) is 0 Å². The van der Waals surface area contributed by atoms with Crippen LogP contribution in [0.15, 0.2) is 67.0 Å². The molecule has 1 aromatic heterocycles. The number of hydrogen-bond acceptors (Lipinski definition) is 6. The van der Waals surface area contributed by atoms with E-state index in [1.165, 1.54) is 11.0 Å². The molecule has 0 spiro atoms. The smallest absolute Gasteiger partial charge is 0.408 e. The highest BCUT2D eigenvalue weighted by atomic mass is 16.5. The number of aromatic nitrogens is 4. The van der Waals surface area contributed by atoms with Gasteiger partial charge in [0.05, 0.1) is 6.04 Å². The first-order valence-corrected chi connectivity index (χ1v) is 8.45. The van der Waals surface area contributed by atoms with Crippen molar-refractivity contribution in [3.05, 3.63) is 78.1 Å². The minimum Gasteiger partial charge on any atom is -0.445 e. The molecule has 0 aliphatic rings. The third kappa shape index (κ3) is 5.74. The first-order chi connectivity index (χ1) is 13.2. The van der Waals surface area contributed by atoms with Crippen LogP contribution in [0, 0.1) is 0 Å². The maximum Gasteiger partial charge on any atom is 0.408 e. The maximum atomic E-state index is 12.6. The summed E-state index contributed by atoms with van der Waals surface area (Å²) in [5.41, 5.74) is 1.79. The summed E-state index contributed by atoms with van der Waals surface area (Å²) in [5, 5.41) is 13.4. The molecule has 3 rings (SSSR count). The number of carbonyl (C=O) groups is 2. The van der Waals surface area contributed by atoms with E-state index in [1.54, 1.807) is 0 Å². The number of ketones is 1. The second-order valence-electron chi connectivity index (χ2n) is 5.92. The van der Waals surface area contributed by atoms with E-state index >= 15 is 0 Å². The largest absolute Gasteiger partial charge is 0.445 e. The van der Waals surface area contributed by atoms with Gasteiger partial charge in [-0.3, -0.25) is 4.79 Å². The molecular formula is C19H21N5O3. The third-order valence-corrected chi connectivity index (χ3v) is 3.89. The zero-order valence-electron chi connectivity index (χ0n) is 14.6. The molecule has 1 atom stereocenters. The van der Waals surface area contributed by atoms with Gasteiger partial charge >= 0.3 is 6.09 Å². The Morgan fingerprint density at radius 3 is 2.33 bits per heavy atom. The summed E-state index contributed by atoms with van der Waals surface area (Å²) in [5.74, 6) is -0.220. The Balaban J connectivity index is 0.00000280. The van der Waals surface area contributed by atoms with Crippen molar-refractivity contribution in [2.45, 2.75) is 25.6 Å². The number of rotatable bonds is 8. The quantitative estimate of drug-likeness (QED) is 0.654. The van der Waals surface area contributed by atoms with Crippen LogP contribution in [0.2, 0.25) is 0 Å². The molecule has 2 aromatic carbocycles. The van der Waals surface area contributed by atoms with Crippen molar-refractivity contribution in [1.82, 2.24) is 25.5 Å². The lowest BCUT2D eigenvalue weighted by Crippen LogP contribution is -2.44. The lowest BCUT2D eigenvalue weighted by atomic mass is 10.0. The van der Waals surface area contributed by atoms with Gasteiger partial charge in [0.25, 0.3) is 0 Å². The van der Waals surface area contributed by atoms with E-state index in [4.69, 9.17) is 4.74 Å². The van der Waals surface area contributed by atoms with Crippen molar-refractivity contribution < 1.29 is 15.8 Å². The Bertz CT molecular complexity index is 860. The number of ether oxygens (including phenoxy) is 1. The lowest BCUT2D eigenvalue weighted by Gasteiger charge is -2.17. The molecule has 8 nitrogen and oxygen atoms in total. The van der Waals surface area contributed by atoms with E-state index in [9.17, 15) is 9.59 Å². The van der Waals surface area contributed by atoms with Crippen LogP contribution in [0.4, 0.5) is 4.79 Å². The predicted molar refractivity (Wildman–Crippen MR) is 98.6 cm³/mol. The molecule has 1 N–H and O–H groups in total. The second kappa shape index (κ2) is 9.23. The fourth-order valence-electron chi connectivity index (χ4n) is 2.52. The van der Waals surface area contributed by atoms with Gasteiger partial charge in [0.15, 0.2) is 5.78 Å². The van der Waals surface area contributed by atoms with E-state index in [2.05, 4.69) is 20.8 Å². The normalized spacial score (nSPS) is 11.6. The van der Waals surface area contributed by atoms with Crippen LogP contribution in [0.1, 0.15) is 12.6 Å². The van der Waals surface area contributed by atoms with Crippen LogP contribution in [0.3, 0.4) is 0 Å². The summed E-state index contributed by atoms with van der Waals surface area (Å²) in [7, 11) is 0. The summed E-state index contributed by atoms with van der Waals surface area (Å²) in [6, 6.07) is 18.0. The number of Topliss-reactive ketones (excluding diaryl/α,β-unsaturated/α-hetero) is 1. The number of carbonyl (C=O) groups excluding carboxylic acids is 2. The Morgan fingerprint density at radius 1 is 1.04 bits per heavy atom. The van der Waals surface area contributed by atoms with Gasteiger partial charge in [0.1, 0.15) is 19.5 Å². The number of hydrogen-bond donors (Lipinski definition) is 1.